The third kappa shape index (κ3) is 1.87. The van der Waals surface area contributed by atoms with Crippen LogP contribution in [0.4, 0.5) is 10.1 Å². The Labute approximate surface area is 135 Å². The summed E-state index contributed by atoms with van der Waals surface area (Å²) in [6.45, 7) is 4.77. The molecule has 1 unspecified atom stereocenters. The highest BCUT2D eigenvalue weighted by atomic mass is 19.1. The molecule has 0 aliphatic carbocycles. The Morgan fingerprint density at radius 1 is 1.35 bits per heavy atom. The van der Waals surface area contributed by atoms with Gasteiger partial charge in [-0.1, -0.05) is 0 Å². The van der Waals surface area contributed by atoms with Gasteiger partial charge in [0.2, 0.25) is 0 Å². The molecule has 0 aromatic heterocycles. The molecule has 0 fully saturated rings. The molecule has 0 saturated carbocycles. The van der Waals surface area contributed by atoms with Gasteiger partial charge in [0.05, 0.1) is 11.4 Å². The molecule has 0 spiro atoms. The average Bonchev–Trinajstić information content (AvgIpc) is 3.07. The Balaban J connectivity index is 1.93. The molecular weight excluding hydrogens is 293 g/mol. The molecule has 120 valence electrons. The maximum atomic E-state index is 15.1. The largest absolute Gasteiger partial charge is 0.384 e. The van der Waals surface area contributed by atoms with E-state index in [0.717, 1.165) is 34.9 Å². The van der Waals surface area contributed by atoms with Crippen molar-refractivity contribution in [3.63, 3.8) is 0 Å². The number of halogens is 1. The third-order valence-corrected chi connectivity index (χ3v) is 4.85. The predicted molar refractivity (Wildman–Crippen MR) is 90.0 cm³/mol. The molecule has 4 rings (SSSR count). The SMILES string of the molecule is CC1=CN2C(=C(c3ccc4c(c3F)CCN4)N(C)C2C)C(N)=N1. The van der Waals surface area contributed by atoms with E-state index in [-0.39, 0.29) is 12.0 Å². The van der Waals surface area contributed by atoms with E-state index in [0.29, 0.717) is 17.8 Å². The highest BCUT2D eigenvalue weighted by Gasteiger charge is 2.38. The molecule has 1 atom stereocenters. The Hall–Kier alpha value is -2.50. The molecule has 3 aliphatic rings. The number of fused-ring (bicyclic) bond motifs is 2. The van der Waals surface area contributed by atoms with E-state index in [9.17, 15) is 0 Å². The first kappa shape index (κ1) is 14.1. The lowest BCUT2D eigenvalue weighted by molar-refractivity contribution is 0.246. The first-order valence-corrected chi connectivity index (χ1v) is 7.83. The summed E-state index contributed by atoms with van der Waals surface area (Å²) in [6.07, 6.45) is 2.74. The van der Waals surface area contributed by atoms with E-state index in [4.69, 9.17) is 5.73 Å². The fraction of sp³-hybridized carbons (Fsp3) is 0.353. The van der Waals surface area contributed by atoms with Crippen molar-refractivity contribution < 1.29 is 4.39 Å². The zero-order valence-corrected chi connectivity index (χ0v) is 13.5. The molecule has 5 nitrogen and oxygen atoms in total. The second-order valence-corrected chi connectivity index (χ2v) is 6.24. The average molecular weight is 313 g/mol. The van der Waals surface area contributed by atoms with Crippen LogP contribution in [0.25, 0.3) is 5.70 Å². The topological polar surface area (TPSA) is 56.9 Å². The van der Waals surface area contributed by atoms with E-state index < -0.39 is 0 Å². The maximum Gasteiger partial charge on any atom is 0.149 e. The molecular formula is C17H20FN5. The van der Waals surface area contributed by atoms with E-state index >= 15 is 4.39 Å². The van der Waals surface area contributed by atoms with Crippen LogP contribution in [0, 0.1) is 5.82 Å². The van der Waals surface area contributed by atoms with Gasteiger partial charge in [-0.05, 0) is 32.4 Å². The summed E-state index contributed by atoms with van der Waals surface area (Å²) in [5, 5.41) is 3.21. The van der Waals surface area contributed by atoms with Crippen molar-refractivity contribution in [3.05, 3.63) is 46.7 Å². The lowest BCUT2D eigenvalue weighted by Crippen LogP contribution is -2.36. The van der Waals surface area contributed by atoms with Crippen LogP contribution in [0.2, 0.25) is 0 Å². The summed E-state index contributed by atoms with van der Waals surface area (Å²) >= 11 is 0. The van der Waals surface area contributed by atoms with Crippen LogP contribution in [0.15, 0.2) is 34.7 Å². The number of amidine groups is 1. The van der Waals surface area contributed by atoms with E-state index in [1.807, 2.05) is 32.3 Å². The van der Waals surface area contributed by atoms with Crippen LogP contribution in [0.5, 0.6) is 0 Å². The zero-order valence-electron chi connectivity index (χ0n) is 13.5. The van der Waals surface area contributed by atoms with Crippen LogP contribution >= 0.6 is 0 Å². The standard InChI is InChI=1S/C17H20FN5/c1-9-8-23-10(2)22(3)15(16(23)17(19)21-9)12-4-5-13-11(14(12)18)6-7-20-13/h4-5,8,10,20H,6-7H2,1-3H3,(H2,19,21). The van der Waals surface area contributed by atoms with Gasteiger partial charge in [-0.25, -0.2) is 9.38 Å². The van der Waals surface area contributed by atoms with Gasteiger partial charge in [-0.3, -0.25) is 0 Å². The lowest BCUT2D eigenvalue weighted by Gasteiger charge is -2.28. The van der Waals surface area contributed by atoms with Gasteiger partial charge in [-0.2, -0.15) is 0 Å². The summed E-state index contributed by atoms with van der Waals surface area (Å²) in [6, 6.07) is 3.78. The lowest BCUT2D eigenvalue weighted by atomic mass is 10.0. The van der Waals surface area contributed by atoms with Gasteiger partial charge in [0, 0.05) is 36.6 Å². The molecule has 0 radical (unpaired) electrons. The quantitative estimate of drug-likeness (QED) is 0.835. The van der Waals surface area contributed by atoms with Gasteiger partial charge < -0.3 is 20.9 Å². The van der Waals surface area contributed by atoms with Crippen LogP contribution in [-0.2, 0) is 6.42 Å². The summed E-state index contributed by atoms with van der Waals surface area (Å²) in [4.78, 5) is 8.49. The molecule has 0 saturated heterocycles. The third-order valence-electron chi connectivity index (χ3n) is 4.85. The molecule has 3 N–H and O–H groups in total. The van der Waals surface area contributed by atoms with Crippen molar-refractivity contribution >= 4 is 17.2 Å². The van der Waals surface area contributed by atoms with Crippen LogP contribution in [-0.4, -0.2) is 35.4 Å². The fourth-order valence-electron chi connectivity index (χ4n) is 3.60. The second-order valence-electron chi connectivity index (χ2n) is 6.24. The van der Waals surface area contributed by atoms with Crippen molar-refractivity contribution in [2.75, 3.05) is 18.9 Å². The number of allylic oxidation sites excluding steroid dienone is 1. The van der Waals surface area contributed by atoms with Crippen molar-refractivity contribution in [1.29, 1.82) is 0 Å². The molecule has 23 heavy (non-hydrogen) atoms. The number of aliphatic imine (C=N–C) groups is 1. The summed E-state index contributed by atoms with van der Waals surface area (Å²) in [7, 11) is 1.96. The normalized spacial score (nSPS) is 22.7. The molecule has 0 amide bonds. The monoisotopic (exact) mass is 313 g/mol. The summed E-state index contributed by atoms with van der Waals surface area (Å²) in [5.41, 5.74) is 10.9. The number of hydrogen-bond donors (Lipinski definition) is 2. The van der Waals surface area contributed by atoms with Crippen molar-refractivity contribution in [1.82, 2.24) is 9.80 Å². The van der Waals surface area contributed by atoms with Crippen molar-refractivity contribution in [3.8, 4) is 0 Å². The zero-order chi connectivity index (χ0) is 16.3. The minimum absolute atomic E-state index is 0.0646. The number of benzene rings is 1. The first-order valence-electron chi connectivity index (χ1n) is 7.83. The van der Waals surface area contributed by atoms with Crippen LogP contribution in [0.3, 0.4) is 0 Å². The maximum absolute atomic E-state index is 15.1. The number of anilines is 1. The molecule has 1 aromatic carbocycles. The Morgan fingerprint density at radius 2 is 2.13 bits per heavy atom. The Morgan fingerprint density at radius 3 is 2.91 bits per heavy atom. The number of hydrogen-bond acceptors (Lipinski definition) is 5. The number of nitrogens with one attached hydrogen (secondary N) is 1. The van der Waals surface area contributed by atoms with E-state index in [1.165, 1.54) is 0 Å². The molecule has 6 heteroatoms. The van der Waals surface area contributed by atoms with Gasteiger partial charge >= 0.3 is 0 Å². The van der Waals surface area contributed by atoms with Gasteiger partial charge in [-0.15, -0.1) is 0 Å². The van der Waals surface area contributed by atoms with Gasteiger partial charge in [0.15, 0.2) is 0 Å². The van der Waals surface area contributed by atoms with Gasteiger partial charge in [0.25, 0.3) is 0 Å². The number of rotatable bonds is 1. The summed E-state index contributed by atoms with van der Waals surface area (Å²) < 4.78 is 15.1. The van der Waals surface area contributed by atoms with E-state index in [1.54, 1.807) is 0 Å². The Kier molecular flexibility index (Phi) is 2.91. The number of nitrogens with two attached hydrogens (primary N) is 1. The highest BCUT2D eigenvalue weighted by molar-refractivity contribution is 6.05. The molecule has 3 heterocycles. The van der Waals surface area contributed by atoms with Crippen LogP contribution in [0.1, 0.15) is 25.0 Å². The minimum atomic E-state index is -0.157. The van der Waals surface area contributed by atoms with Crippen molar-refractivity contribution in [2.45, 2.75) is 26.4 Å². The number of nitrogens with zero attached hydrogens (tertiary/aromatic N) is 3. The minimum Gasteiger partial charge on any atom is -0.384 e. The Bertz CT molecular complexity index is 792. The smallest absolute Gasteiger partial charge is 0.149 e. The molecule has 0 bridgehead atoms. The summed E-state index contributed by atoms with van der Waals surface area (Å²) in [5.74, 6) is 0.282. The van der Waals surface area contributed by atoms with Crippen molar-refractivity contribution in [2.24, 2.45) is 10.7 Å². The second kappa shape index (κ2) is 4.75. The first-order chi connectivity index (χ1) is 11.0. The molecule has 3 aliphatic heterocycles. The fourth-order valence-corrected chi connectivity index (χ4v) is 3.60. The highest BCUT2D eigenvalue weighted by Crippen LogP contribution is 2.40. The molecule has 1 aromatic rings. The predicted octanol–water partition coefficient (Wildman–Crippen LogP) is 2.29. The van der Waals surface area contributed by atoms with E-state index in [2.05, 4.69) is 27.0 Å². The van der Waals surface area contributed by atoms with Crippen LogP contribution < -0.4 is 11.1 Å². The van der Waals surface area contributed by atoms with Gasteiger partial charge in [0.1, 0.15) is 23.5 Å².